The summed E-state index contributed by atoms with van der Waals surface area (Å²) in [5.74, 6) is -0.437. The predicted molar refractivity (Wildman–Crippen MR) is 134 cm³/mol. The maximum Gasteiger partial charge on any atom is 0.416 e. The first-order valence-electron chi connectivity index (χ1n) is 11.5. The van der Waals surface area contributed by atoms with Gasteiger partial charge in [-0.3, -0.25) is 14.5 Å². The van der Waals surface area contributed by atoms with Crippen molar-refractivity contribution in [2.75, 3.05) is 11.5 Å². The molecule has 0 aliphatic carbocycles. The normalized spacial score (nSPS) is 15.2. The highest BCUT2D eigenvalue weighted by Crippen LogP contribution is 2.43. The Balaban J connectivity index is 1.78. The number of rotatable bonds is 5. The average molecular weight is 505 g/mol. The van der Waals surface area contributed by atoms with Gasteiger partial charge < -0.3 is 9.15 Å². The zero-order valence-electron chi connectivity index (χ0n) is 20.1. The fourth-order valence-electron chi connectivity index (χ4n) is 4.57. The van der Waals surface area contributed by atoms with Crippen LogP contribution >= 0.6 is 0 Å². The van der Waals surface area contributed by atoms with Crippen LogP contribution in [-0.4, -0.2) is 12.5 Å². The molecule has 4 aromatic rings. The molecule has 1 aliphatic heterocycles. The molecule has 1 atom stereocenters. The molecular formula is C29H22F3NO4. The van der Waals surface area contributed by atoms with Crippen LogP contribution < -0.4 is 15.1 Å². The molecule has 1 aromatic heterocycles. The minimum atomic E-state index is -4.61. The summed E-state index contributed by atoms with van der Waals surface area (Å²) >= 11 is 0. The molecule has 0 saturated heterocycles. The van der Waals surface area contributed by atoms with Crippen LogP contribution in [0.25, 0.3) is 11.0 Å². The second-order valence-electron chi connectivity index (χ2n) is 8.90. The van der Waals surface area contributed by atoms with Gasteiger partial charge in [-0.05, 0) is 73.0 Å². The zero-order valence-corrected chi connectivity index (χ0v) is 20.1. The Hall–Kier alpha value is -4.33. The molecule has 8 heteroatoms. The highest BCUT2D eigenvalue weighted by molar-refractivity contribution is 6.10. The van der Waals surface area contributed by atoms with E-state index in [9.17, 15) is 22.8 Å². The van der Waals surface area contributed by atoms with E-state index in [4.69, 9.17) is 9.15 Å². The molecule has 2 heterocycles. The Morgan fingerprint density at radius 1 is 1.03 bits per heavy atom. The number of hydrogen-bond acceptors (Lipinski definition) is 4. The minimum absolute atomic E-state index is 0.00976. The van der Waals surface area contributed by atoms with Crippen molar-refractivity contribution in [3.05, 3.63) is 117 Å². The molecule has 5 rings (SSSR count). The summed E-state index contributed by atoms with van der Waals surface area (Å²) in [5.41, 5.74) is 1.21. The predicted octanol–water partition coefficient (Wildman–Crippen LogP) is 6.74. The number of aryl methyl sites for hydroxylation is 2. The molecule has 0 fully saturated rings. The first-order valence-corrected chi connectivity index (χ1v) is 11.5. The monoisotopic (exact) mass is 505 g/mol. The van der Waals surface area contributed by atoms with E-state index in [0.29, 0.717) is 16.7 Å². The van der Waals surface area contributed by atoms with Gasteiger partial charge >= 0.3 is 6.18 Å². The van der Waals surface area contributed by atoms with Gasteiger partial charge in [0, 0.05) is 5.69 Å². The van der Waals surface area contributed by atoms with Crippen molar-refractivity contribution >= 4 is 22.6 Å². The van der Waals surface area contributed by atoms with Crippen LogP contribution in [0.5, 0.6) is 5.75 Å². The van der Waals surface area contributed by atoms with Crippen LogP contribution in [0.3, 0.4) is 0 Å². The zero-order chi connectivity index (χ0) is 26.5. The summed E-state index contributed by atoms with van der Waals surface area (Å²) in [5, 5.41) is 0.296. The number of alkyl halides is 3. The Labute approximate surface area is 210 Å². The first-order chi connectivity index (χ1) is 17.6. The summed E-state index contributed by atoms with van der Waals surface area (Å²) in [6.07, 6.45) is -3.04. The molecule has 1 aliphatic rings. The van der Waals surface area contributed by atoms with E-state index in [0.717, 1.165) is 23.3 Å². The second-order valence-corrected chi connectivity index (χ2v) is 8.90. The maximum absolute atomic E-state index is 13.8. The van der Waals surface area contributed by atoms with E-state index in [2.05, 4.69) is 6.58 Å². The van der Waals surface area contributed by atoms with Gasteiger partial charge in [0.05, 0.1) is 22.6 Å². The lowest BCUT2D eigenvalue weighted by Gasteiger charge is -2.26. The van der Waals surface area contributed by atoms with Crippen molar-refractivity contribution in [1.29, 1.82) is 0 Å². The first kappa shape index (κ1) is 24.4. The fourth-order valence-corrected chi connectivity index (χ4v) is 4.57. The molecule has 3 aromatic carbocycles. The van der Waals surface area contributed by atoms with Gasteiger partial charge in [0.1, 0.15) is 17.9 Å². The lowest BCUT2D eigenvalue weighted by Crippen LogP contribution is -2.29. The minimum Gasteiger partial charge on any atom is -0.490 e. The Bertz CT molecular complexity index is 1620. The van der Waals surface area contributed by atoms with Gasteiger partial charge in [0.25, 0.3) is 5.91 Å². The molecule has 0 N–H and O–H groups in total. The van der Waals surface area contributed by atoms with Gasteiger partial charge in [0.15, 0.2) is 5.43 Å². The average Bonchev–Trinajstić information content (AvgIpc) is 3.16. The Morgan fingerprint density at radius 3 is 2.49 bits per heavy atom. The van der Waals surface area contributed by atoms with E-state index < -0.39 is 29.1 Å². The van der Waals surface area contributed by atoms with Crippen LogP contribution in [0.4, 0.5) is 18.9 Å². The number of hydrogen-bond donors (Lipinski definition) is 0. The van der Waals surface area contributed by atoms with Crippen molar-refractivity contribution in [1.82, 2.24) is 0 Å². The SMILES string of the molecule is C=CCOc1cccc(C2c3c(oc4cc(C)c(C)cc4c3=O)C(=O)N2c2cccc(C(F)(F)F)c2)c1. The van der Waals surface area contributed by atoms with Crippen molar-refractivity contribution in [3.63, 3.8) is 0 Å². The van der Waals surface area contributed by atoms with Crippen molar-refractivity contribution < 1.29 is 27.1 Å². The van der Waals surface area contributed by atoms with Crippen LogP contribution in [0.1, 0.15) is 44.4 Å². The summed E-state index contributed by atoms with van der Waals surface area (Å²) in [6, 6.07) is 13.6. The Kier molecular flexibility index (Phi) is 5.90. The number of halogens is 3. The molecule has 1 unspecified atom stereocenters. The van der Waals surface area contributed by atoms with Crippen molar-refractivity contribution in [2.45, 2.75) is 26.1 Å². The van der Waals surface area contributed by atoms with Gasteiger partial charge in [0.2, 0.25) is 5.76 Å². The molecule has 37 heavy (non-hydrogen) atoms. The molecule has 188 valence electrons. The highest BCUT2D eigenvalue weighted by atomic mass is 19.4. The van der Waals surface area contributed by atoms with Gasteiger partial charge in [-0.1, -0.05) is 30.9 Å². The number of fused-ring (bicyclic) bond motifs is 2. The number of amides is 1. The standard InChI is InChI=1S/C29H22F3NO4/c1-4-11-36-21-10-5-7-18(14-21)25-24-26(34)22-12-16(2)17(3)13-23(22)37-27(24)28(35)33(25)20-9-6-8-19(15-20)29(30,31)32/h4-10,12-15,25H,1,11H2,2-3H3. The quantitative estimate of drug-likeness (QED) is 0.282. The van der Waals surface area contributed by atoms with E-state index in [1.165, 1.54) is 17.0 Å². The van der Waals surface area contributed by atoms with Gasteiger partial charge in [-0.15, -0.1) is 0 Å². The molecule has 0 spiro atoms. The molecular weight excluding hydrogens is 483 g/mol. The number of carbonyl (C=O) groups is 1. The van der Waals surface area contributed by atoms with Gasteiger partial charge in [-0.25, -0.2) is 0 Å². The van der Waals surface area contributed by atoms with E-state index >= 15 is 0 Å². The third kappa shape index (κ3) is 4.18. The van der Waals surface area contributed by atoms with Crippen LogP contribution in [0, 0.1) is 13.8 Å². The maximum atomic E-state index is 13.8. The van der Waals surface area contributed by atoms with Crippen LogP contribution in [-0.2, 0) is 6.18 Å². The largest absolute Gasteiger partial charge is 0.490 e. The highest BCUT2D eigenvalue weighted by Gasteiger charge is 2.44. The molecule has 5 nitrogen and oxygen atoms in total. The number of carbonyl (C=O) groups excluding carboxylic acids is 1. The summed E-state index contributed by atoms with van der Waals surface area (Å²) in [6.45, 7) is 7.57. The number of benzene rings is 3. The topological polar surface area (TPSA) is 59.8 Å². The van der Waals surface area contributed by atoms with E-state index in [1.54, 1.807) is 42.5 Å². The van der Waals surface area contributed by atoms with E-state index in [-0.39, 0.29) is 29.2 Å². The molecule has 0 bridgehead atoms. The van der Waals surface area contributed by atoms with E-state index in [1.807, 2.05) is 13.8 Å². The van der Waals surface area contributed by atoms with Crippen LogP contribution in [0.15, 0.2) is 82.5 Å². The van der Waals surface area contributed by atoms with Crippen molar-refractivity contribution in [3.8, 4) is 5.75 Å². The number of anilines is 1. The van der Waals surface area contributed by atoms with Crippen LogP contribution in [0.2, 0.25) is 0 Å². The lowest BCUT2D eigenvalue weighted by molar-refractivity contribution is -0.137. The third-order valence-corrected chi connectivity index (χ3v) is 6.48. The summed E-state index contributed by atoms with van der Waals surface area (Å²) in [7, 11) is 0. The molecule has 1 amide bonds. The Morgan fingerprint density at radius 2 is 1.76 bits per heavy atom. The lowest BCUT2D eigenvalue weighted by atomic mass is 9.97. The smallest absolute Gasteiger partial charge is 0.416 e. The molecule has 0 radical (unpaired) electrons. The summed E-state index contributed by atoms with van der Waals surface area (Å²) < 4.78 is 52.2. The number of nitrogens with zero attached hydrogens (tertiary/aromatic N) is 1. The second kappa shape index (κ2) is 8.96. The number of ether oxygens (including phenoxy) is 1. The third-order valence-electron chi connectivity index (χ3n) is 6.48. The summed E-state index contributed by atoms with van der Waals surface area (Å²) in [4.78, 5) is 28.7. The fraction of sp³-hybridized carbons (Fsp3) is 0.172. The van der Waals surface area contributed by atoms with Crippen molar-refractivity contribution in [2.24, 2.45) is 0 Å². The van der Waals surface area contributed by atoms with Gasteiger partial charge in [-0.2, -0.15) is 13.2 Å². The molecule has 0 saturated carbocycles.